The van der Waals surface area contributed by atoms with Gasteiger partial charge in [-0.2, -0.15) is 0 Å². The summed E-state index contributed by atoms with van der Waals surface area (Å²) in [6.07, 6.45) is 0.0949. The second kappa shape index (κ2) is 6.95. The van der Waals surface area contributed by atoms with E-state index in [2.05, 4.69) is 5.32 Å². The summed E-state index contributed by atoms with van der Waals surface area (Å²) in [5, 5.41) is 19.6. The minimum Gasteiger partial charge on any atom is -0.481 e. The van der Waals surface area contributed by atoms with Gasteiger partial charge in [-0.25, -0.2) is 0 Å². The summed E-state index contributed by atoms with van der Waals surface area (Å²) in [4.78, 5) is 32.4. The Morgan fingerprint density at radius 2 is 1.67 bits per heavy atom. The number of carboxylic acid groups (broad SMARTS) is 2. The van der Waals surface area contributed by atoms with Crippen molar-refractivity contribution in [2.75, 3.05) is 0 Å². The van der Waals surface area contributed by atoms with Crippen LogP contribution < -0.4 is 11.1 Å². The van der Waals surface area contributed by atoms with Gasteiger partial charge in [-0.1, -0.05) is 0 Å². The van der Waals surface area contributed by atoms with E-state index in [1.807, 2.05) is 0 Å². The standard InChI is InChI=1S/C11H20N2O5/c1-11(2,6-5-9(16)17)13-10(18)7(12)3-4-8(14)15/h7H,3-6,12H2,1-2H3,(H,13,18)(H,14,15)(H,16,17). The average Bonchev–Trinajstić information content (AvgIpc) is 2.22. The summed E-state index contributed by atoms with van der Waals surface area (Å²) in [6.45, 7) is 3.38. The molecule has 0 saturated heterocycles. The topological polar surface area (TPSA) is 130 Å². The maximum Gasteiger partial charge on any atom is 0.303 e. The molecular formula is C11H20N2O5. The molecule has 5 N–H and O–H groups in total. The molecule has 0 fully saturated rings. The monoisotopic (exact) mass is 260 g/mol. The van der Waals surface area contributed by atoms with Crippen LogP contribution in [0.15, 0.2) is 0 Å². The van der Waals surface area contributed by atoms with E-state index < -0.39 is 29.4 Å². The number of amides is 1. The molecule has 0 bridgehead atoms. The predicted molar refractivity (Wildman–Crippen MR) is 63.9 cm³/mol. The molecule has 7 nitrogen and oxygen atoms in total. The van der Waals surface area contributed by atoms with Crippen molar-refractivity contribution in [1.82, 2.24) is 5.32 Å². The zero-order valence-corrected chi connectivity index (χ0v) is 10.6. The van der Waals surface area contributed by atoms with Crippen LogP contribution in [0.1, 0.15) is 39.5 Å². The summed E-state index contributed by atoms with van der Waals surface area (Å²) in [7, 11) is 0. The van der Waals surface area contributed by atoms with Crippen LogP contribution in [0.2, 0.25) is 0 Å². The van der Waals surface area contributed by atoms with Crippen molar-refractivity contribution in [3.05, 3.63) is 0 Å². The molecule has 0 aliphatic rings. The molecule has 0 rings (SSSR count). The zero-order chi connectivity index (χ0) is 14.3. The number of nitrogens with one attached hydrogen (secondary N) is 1. The molecule has 0 aromatic heterocycles. The van der Waals surface area contributed by atoms with E-state index in [0.29, 0.717) is 0 Å². The number of nitrogens with two attached hydrogens (primary N) is 1. The predicted octanol–water partition coefficient (Wildman–Crippen LogP) is -0.0619. The van der Waals surface area contributed by atoms with E-state index in [9.17, 15) is 14.4 Å². The average molecular weight is 260 g/mol. The Kier molecular flexibility index (Phi) is 6.32. The normalized spacial score (nSPS) is 12.8. The van der Waals surface area contributed by atoms with Gasteiger partial charge in [0.2, 0.25) is 5.91 Å². The van der Waals surface area contributed by atoms with Crippen LogP contribution >= 0.6 is 0 Å². The lowest BCUT2D eigenvalue weighted by Crippen LogP contribution is -2.50. The molecule has 104 valence electrons. The van der Waals surface area contributed by atoms with Gasteiger partial charge in [0, 0.05) is 18.4 Å². The van der Waals surface area contributed by atoms with Gasteiger partial charge in [-0.3, -0.25) is 14.4 Å². The maximum atomic E-state index is 11.6. The van der Waals surface area contributed by atoms with Crippen LogP contribution in [0, 0.1) is 0 Å². The number of carboxylic acids is 2. The van der Waals surface area contributed by atoms with Gasteiger partial charge in [-0.15, -0.1) is 0 Å². The Bertz CT molecular complexity index is 327. The zero-order valence-electron chi connectivity index (χ0n) is 10.6. The molecule has 1 amide bonds. The van der Waals surface area contributed by atoms with Gasteiger partial charge >= 0.3 is 11.9 Å². The third-order valence-corrected chi connectivity index (χ3v) is 2.43. The highest BCUT2D eigenvalue weighted by Crippen LogP contribution is 2.11. The first-order valence-corrected chi connectivity index (χ1v) is 5.65. The SMILES string of the molecule is CC(C)(CCC(=O)O)NC(=O)C(N)CCC(=O)O. The molecule has 0 spiro atoms. The van der Waals surface area contributed by atoms with Gasteiger partial charge in [-0.05, 0) is 26.7 Å². The number of aliphatic carboxylic acids is 2. The Hall–Kier alpha value is -1.63. The molecule has 0 aliphatic heterocycles. The number of carbonyl (C=O) groups excluding carboxylic acids is 1. The lowest BCUT2D eigenvalue weighted by atomic mass is 9.97. The second-order valence-corrected chi connectivity index (χ2v) is 4.81. The molecule has 0 aliphatic carbocycles. The molecule has 1 atom stereocenters. The molecule has 7 heteroatoms. The Balaban J connectivity index is 4.18. The number of hydrogen-bond acceptors (Lipinski definition) is 4. The third-order valence-electron chi connectivity index (χ3n) is 2.43. The maximum absolute atomic E-state index is 11.6. The van der Waals surface area contributed by atoms with Crippen molar-refractivity contribution >= 4 is 17.8 Å². The third kappa shape index (κ3) is 7.61. The van der Waals surface area contributed by atoms with E-state index in [-0.39, 0.29) is 25.7 Å². The fraction of sp³-hybridized carbons (Fsp3) is 0.727. The lowest BCUT2D eigenvalue weighted by molar-refractivity contribution is -0.139. The summed E-state index contributed by atoms with van der Waals surface area (Å²) in [6, 6.07) is -0.898. The Labute approximate surface area is 105 Å². The van der Waals surface area contributed by atoms with Crippen molar-refractivity contribution in [1.29, 1.82) is 0 Å². The van der Waals surface area contributed by atoms with Gasteiger partial charge < -0.3 is 21.3 Å². The molecule has 0 aromatic carbocycles. The fourth-order valence-electron chi connectivity index (χ4n) is 1.32. The van der Waals surface area contributed by atoms with Crippen LogP contribution in [-0.2, 0) is 14.4 Å². The van der Waals surface area contributed by atoms with E-state index in [4.69, 9.17) is 15.9 Å². The van der Waals surface area contributed by atoms with Crippen LogP contribution in [0.25, 0.3) is 0 Å². The highest BCUT2D eigenvalue weighted by Gasteiger charge is 2.24. The number of carbonyl (C=O) groups is 3. The number of rotatable bonds is 8. The van der Waals surface area contributed by atoms with Crippen molar-refractivity contribution < 1.29 is 24.6 Å². The minimum absolute atomic E-state index is 0.0518. The van der Waals surface area contributed by atoms with Crippen LogP contribution in [0.3, 0.4) is 0 Å². The van der Waals surface area contributed by atoms with Crippen molar-refractivity contribution in [2.24, 2.45) is 5.73 Å². The van der Waals surface area contributed by atoms with Crippen LogP contribution in [0.5, 0.6) is 0 Å². The molecule has 0 saturated carbocycles. The molecule has 0 radical (unpaired) electrons. The lowest BCUT2D eigenvalue weighted by Gasteiger charge is -2.27. The molecule has 1 unspecified atom stereocenters. The Morgan fingerprint density at radius 1 is 1.17 bits per heavy atom. The summed E-state index contributed by atoms with van der Waals surface area (Å²) >= 11 is 0. The highest BCUT2D eigenvalue weighted by atomic mass is 16.4. The largest absolute Gasteiger partial charge is 0.481 e. The van der Waals surface area contributed by atoms with Crippen molar-refractivity contribution in [3.8, 4) is 0 Å². The minimum atomic E-state index is -1.01. The molecule has 18 heavy (non-hydrogen) atoms. The number of hydrogen-bond donors (Lipinski definition) is 4. The van der Waals surface area contributed by atoms with E-state index >= 15 is 0 Å². The second-order valence-electron chi connectivity index (χ2n) is 4.81. The van der Waals surface area contributed by atoms with Crippen molar-refractivity contribution in [2.45, 2.75) is 51.1 Å². The quantitative estimate of drug-likeness (QED) is 0.483. The van der Waals surface area contributed by atoms with Crippen LogP contribution in [0.4, 0.5) is 0 Å². The molecule has 0 heterocycles. The molecular weight excluding hydrogens is 240 g/mol. The van der Waals surface area contributed by atoms with Gasteiger partial charge in [0.05, 0.1) is 6.04 Å². The first-order valence-electron chi connectivity index (χ1n) is 5.65. The first-order chi connectivity index (χ1) is 8.14. The molecule has 0 aromatic rings. The van der Waals surface area contributed by atoms with Gasteiger partial charge in [0.1, 0.15) is 0 Å². The van der Waals surface area contributed by atoms with Crippen LogP contribution in [-0.4, -0.2) is 39.6 Å². The Morgan fingerprint density at radius 3 is 2.11 bits per heavy atom. The highest BCUT2D eigenvalue weighted by molar-refractivity contribution is 5.82. The van der Waals surface area contributed by atoms with Gasteiger partial charge in [0.15, 0.2) is 0 Å². The van der Waals surface area contributed by atoms with E-state index in [1.54, 1.807) is 13.8 Å². The first kappa shape index (κ1) is 16.4. The summed E-state index contributed by atoms with van der Waals surface area (Å²) in [5.41, 5.74) is 4.85. The summed E-state index contributed by atoms with van der Waals surface area (Å²) < 4.78 is 0. The summed E-state index contributed by atoms with van der Waals surface area (Å²) in [5.74, 6) is -2.41. The van der Waals surface area contributed by atoms with Crippen molar-refractivity contribution in [3.63, 3.8) is 0 Å². The van der Waals surface area contributed by atoms with Gasteiger partial charge in [0.25, 0.3) is 0 Å². The fourth-order valence-corrected chi connectivity index (χ4v) is 1.32. The van der Waals surface area contributed by atoms with E-state index in [1.165, 1.54) is 0 Å². The van der Waals surface area contributed by atoms with E-state index in [0.717, 1.165) is 0 Å². The smallest absolute Gasteiger partial charge is 0.303 e.